The number of carbonyl (C=O) groups excluding carboxylic acids is 2. The average Bonchev–Trinajstić information content (AvgIpc) is 3.26. The topological polar surface area (TPSA) is 52.7 Å². The zero-order chi connectivity index (χ0) is 21.1. The molecule has 0 spiro atoms. The van der Waals surface area contributed by atoms with Gasteiger partial charge in [-0.1, -0.05) is 29.3 Å². The summed E-state index contributed by atoms with van der Waals surface area (Å²) in [4.78, 5) is 30.0. The second kappa shape index (κ2) is 9.27. The molecule has 2 aromatic carbocycles. The highest BCUT2D eigenvalue weighted by Gasteiger charge is 2.35. The highest BCUT2D eigenvalue weighted by molar-refractivity contribution is 6.35. The molecule has 2 aliphatic heterocycles. The van der Waals surface area contributed by atoms with Gasteiger partial charge in [0.1, 0.15) is 6.04 Å². The summed E-state index contributed by atoms with van der Waals surface area (Å²) in [6.45, 7) is 2.61. The van der Waals surface area contributed by atoms with Crippen LogP contribution in [-0.4, -0.2) is 42.4 Å². The quantitative estimate of drug-likeness (QED) is 0.700. The van der Waals surface area contributed by atoms with Crippen molar-refractivity contribution in [3.63, 3.8) is 0 Å². The van der Waals surface area contributed by atoms with Crippen LogP contribution in [0.2, 0.25) is 10.0 Å². The summed E-state index contributed by atoms with van der Waals surface area (Å²) in [5, 5.41) is 3.79. The zero-order valence-corrected chi connectivity index (χ0v) is 18.3. The first-order valence-electron chi connectivity index (χ1n) is 10.4. The summed E-state index contributed by atoms with van der Waals surface area (Å²) in [7, 11) is 0. The molecule has 0 aliphatic carbocycles. The van der Waals surface area contributed by atoms with Gasteiger partial charge in [-0.05, 0) is 68.5 Å². The van der Waals surface area contributed by atoms with E-state index in [2.05, 4.69) is 16.3 Å². The summed E-state index contributed by atoms with van der Waals surface area (Å²) in [5.41, 5.74) is 2.21. The van der Waals surface area contributed by atoms with Gasteiger partial charge in [0.25, 0.3) is 5.91 Å². The number of carbonyl (C=O) groups is 2. The molecule has 1 unspecified atom stereocenters. The summed E-state index contributed by atoms with van der Waals surface area (Å²) >= 11 is 12.2. The Morgan fingerprint density at radius 2 is 1.73 bits per heavy atom. The number of halogens is 2. The highest BCUT2D eigenvalue weighted by atomic mass is 35.5. The van der Waals surface area contributed by atoms with Gasteiger partial charge in [0, 0.05) is 36.0 Å². The molecule has 1 atom stereocenters. The van der Waals surface area contributed by atoms with E-state index in [-0.39, 0.29) is 11.8 Å². The van der Waals surface area contributed by atoms with Gasteiger partial charge in [0.05, 0.1) is 10.6 Å². The van der Waals surface area contributed by atoms with E-state index in [1.165, 1.54) is 19.3 Å². The van der Waals surface area contributed by atoms with E-state index in [1.54, 1.807) is 23.1 Å². The van der Waals surface area contributed by atoms with Gasteiger partial charge in [-0.15, -0.1) is 0 Å². The summed E-state index contributed by atoms with van der Waals surface area (Å²) < 4.78 is 0. The molecule has 0 saturated carbocycles. The zero-order valence-electron chi connectivity index (χ0n) is 16.7. The standard InChI is InChI=1S/C23H25Cl2N3O2/c24-16-9-10-20(25)19(14-16)23(30)28-13-5-8-21(28)22(29)26-17-6-4-7-18(15-17)27-11-2-1-3-12-27/h4,6-7,9-10,14-15,21H,1-3,5,8,11-13H2,(H,26,29). The lowest BCUT2D eigenvalue weighted by atomic mass is 10.1. The number of anilines is 2. The predicted molar refractivity (Wildman–Crippen MR) is 122 cm³/mol. The summed E-state index contributed by atoms with van der Waals surface area (Å²) in [6, 6.07) is 12.2. The average molecular weight is 446 g/mol. The molecule has 4 rings (SSSR count). The number of piperidine rings is 1. The van der Waals surface area contributed by atoms with Crippen LogP contribution in [0, 0.1) is 0 Å². The van der Waals surface area contributed by atoms with Crippen LogP contribution in [0.1, 0.15) is 42.5 Å². The number of hydrogen-bond donors (Lipinski definition) is 1. The van der Waals surface area contributed by atoms with Gasteiger partial charge in [-0.3, -0.25) is 9.59 Å². The predicted octanol–water partition coefficient (Wildman–Crippen LogP) is 5.23. The minimum Gasteiger partial charge on any atom is -0.371 e. The molecule has 0 bridgehead atoms. The molecule has 0 radical (unpaired) electrons. The van der Waals surface area contributed by atoms with Crippen LogP contribution in [-0.2, 0) is 4.79 Å². The minimum absolute atomic E-state index is 0.171. The number of rotatable bonds is 4. The largest absolute Gasteiger partial charge is 0.371 e. The summed E-state index contributed by atoms with van der Waals surface area (Å²) in [6.07, 6.45) is 5.07. The van der Waals surface area contributed by atoms with E-state index < -0.39 is 6.04 Å². The first-order chi connectivity index (χ1) is 14.5. The second-order valence-corrected chi connectivity index (χ2v) is 8.71. The van der Waals surface area contributed by atoms with Crippen LogP contribution in [0.5, 0.6) is 0 Å². The molecule has 30 heavy (non-hydrogen) atoms. The van der Waals surface area contributed by atoms with E-state index >= 15 is 0 Å². The fourth-order valence-electron chi connectivity index (χ4n) is 4.26. The Balaban J connectivity index is 1.47. The number of amides is 2. The Bertz CT molecular complexity index is 944. The van der Waals surface area contributed by atoms with Gasteiger partial charge in [0.15, 0.2) is 0 Å². The molecule has 0 aromatic heterocycles. The second-order valence-electron chi connectivity index (χ2n) is 7.87. The lowest BCUT2D eigenvalue weighted by Crippen LogP contribution is -2.43. The van der Waals surface area contributed by atoms with Crippen LogP contribution >= 0.6 is 23.2 Å². The van der Waals surface area contributed by atoms with Gasteiger partial charge < -0.3 is 15.1 Å². The molecule has 2 saturated heterocycles. The maximum Gasteiger partial charge on any atom is 0.256 e. The Hall–Kier alpha value is -2.24. The number of likely N-dealkylation sites (tertiary alicyclic amines) is 1. The Morgan fingerprint density at radius 3 is 2.53 bits per heavy atom. The van der Waals surface area contributed by atoms with E-state index in [4.69, 9.17) is 23.2 Å². The van der Waals surface area contributed by atoms with Gasteiger partial charge in [-0.25, -0.2) is 0 Å². The van der Waals surface area contributed by atoms with Crippen molar-refractivity contribution in [3.8, 4) is 0 Å². The maximum atomic E-state index is 13.0. The molecule has 2 aliphatic rings. The van der Waals surface area contributed by atoms with Gasteiger partial charge >= 0.3 is 0 Å². The number of nitrogens with zero attached hydrogens (tertiary/aromatic N) is 2. The third-order valence-electron chi connectivity index (χ3n) is 5.81. The van der Waals surface area contributed by atoms with E-state index in [0.29, 0.717) is 28.6 Å². The Morgan fingerprint density at radius 1 is 0.933 bits per heavy atom. The number of hydrogen-bond acceptors (Lipinski definition) is 3. The molecule has 158 valence electrons. The van der Waals surface area contributed by atoms with E-state index in [1.807, 2.05) is 18.2 Å². The Kier molecular flexibility index (Phi) is 6.49. The van der Waals surface area contributed by atoms with Crippen molar-refractivity contribution >= 4 is 46.4 Å². The number of benzene rings is 2. The molecular formula is C23H25Cl2N3O2. The molecule has 1 N–H and O–H groups in total. The van der Waals surface area contributed by atoms with Crippen molar-refractivity contribution in [2.24, 2.45) is 0 Å². The third kappa shape index (κ3) is 4.57. The maximum absolute atomic E-state index is 13.0. The van der Waals surface area contributed by atoms with Crippen molar-refractivity contribution in [2.45, 2.75) is 38.1 Å². The third-order valence-corrected chi connectivity index (χ3v) is 6.37. The SMILES string of the molecule is O=C(Nc1cccc(N2CCCCC2)c1)C1CCCN1C(=O)c1cc(Cl)ccc1Cl. The van der Waals surface area contributed by atoms with Crippen LogP contribution in [0.3, 0.4) is 0 Å². The Labute approximate surface area is 186 Å². The van der Waals surface area contributed by atoms with Crippen molar-refractivity contribution in [1.29, 1.82) is 0 Å². The molecule has 2 fully saturated rings. The van der Waals surface area contributed by atoms with Crippen LogP contribution < -0.4 is 10.2 Å². The lowest BCUT2D eigenvalue weighted by molar-refractivity contribution is -0.119. The normalized spacial score (nSPS) is 19.1. The molecular weight excluding hydrogens is 421 g/mol. The first kappa shape index (κ1) is 21.0. The monoisotopic (exact) mass is 445 g/mol. The minimum atomic E-state index is -0.522. The van der Waals surface area contributed by atoms with Crippen LogP contribution in [0.15, 0.2) is 42.5 Å². The number of nitrogens with one attached hydrogen (secondary N) is 1. The van der Waals surface area contributed by atoms with Crippen LogP contribution in [0.25, 0.3) is 0 Å². The van der Waals surface area contributed by atoms with E-state index in [0.717, 1.165) is 30.9 Å². The fraction of sp³-hybridized carbons (Fsp3) is 0.391. The molecule has 5 nitrogen and oxygen atoms in total. The lowest BCUT2D eigenvalue weighted by Gasteiger charge is -2.29. The van der Waals surface area contributed by atoms with Crippen molar-refractivity contribution in [2.75, 3.05) is 29.9 Å². The van der Waals surface area contributed by atoms with E-state index in [9.17, 15) is 9.59 Å². The van der Waals surface area contributed by atoms with Crippen molar-refractivity contribution in [3.05, 3.63) is 58.1 Å². The van der Waals surface area contributed by atoms with Crippen molar-refractivity contribution in [1.82, 2.24) is 4.90 Å². The summed E-state index contributed by atoms with van der Waals surface area (Å²) in [5.74, 6) is -0.433. The van der Waals surface area contributed by atoms with Gasteiger partial charge in [-0.2, -0.15) is 0 Å². The smallest absolute Gasteiger partial charge is 0.256 e. The highest BCUT2D eigenvalue weighted by Crippen LogP contribution is 2.28. The molecule has 7 heteroatoms. The fourth-order valence-corrected chi connectivity index (χ4v) is 4.63. The molecule has 2 heterocycles. The van der Waals surface area contributed by atoms with Crippen molar-refractivity contribution < 1.29 is 9.59 Å². The molecule has 2 aromatic rings. The van der Waals surface area contributed by atoms with Gasteiger partial charge in [0.2, 0.25) is 5.91 Å². The molecule has 2 amide bonds. The van der Waals surface area contributed by atoms with Crippen LogP contribution in [0.4, 0.5) is 11.4 Å². The first-order valence-corrected chi connectivity index (χ1v) is 11.2.